The zero-order valence-electron chi connectivity index (χ0n) is 7.30. The van der Waals surface area contributed by atoms with E-state index in [1.54, 1.807) is 7.11 Å². The van der Waals surface area contributed by atoms with E-state index in [2.05, 4.69) is 26.7 Å². The van der Waals surface area contributed by atoms with E-state index in [0.717, 1.165) is 15.9 Å². The Morgan fingerprint density at radius 3 is 2.92 bits per heavy atom. The number of anilines is 1. The second kappa shape index (κ2) is 5.06. The topological polar surface area (TPSA) is 59.3 Å². The molecule has 72 valence electrons. The molecule has 1 aromatic carbocycles. The molecule has 0 bridgehead atoms. The van der Waals surface area contributed by atoms with E-state index in [0.29, 0.717) is 6.67 Å². The molecular formula is C8H12BrN3O. The van der Waals surface area contributed by atoms with Crippen LogP contribution in [-0.4, -0.2) is 13.8 Å². The summed E-state index contributed by atoms with van der Waals surface area (Å²) < 4.78 is 6.14. The molecule has 0 amide bonds. The highest BCUT2D eigenvalue weighted by atomic mass is 79.9. The molecule has 1 rings (SSSR count). The van der Waals surface area contributed by atoms with Crippen LogP contribution >= 0.6 is 15.9 Å². The van der Waals surface area contributed by atoms with Crippen LogP contribution in [0.3, 0.4) is 0 Å². The molecule has 0 heterocycles. The summed E-state index contributed by atoms with van der Waals surface area (Å²) in [5, 5.41) is 3.06. The zero-order valence-corrected chi connectivity index (χ0v) is 8.89. The van der Waals surface area contributed by atoms with Gasteiger partial charge in [-0.15, -0.1) is 0 Å². The van der Waals surface area contributed by atoms with Gasteiger partial charge < -0.3 is 10.1 Å². The van der Waals surface area contributed by atoms with E-state index in [1.165, 1.54) is 0 Å². The average molecular weight is 246 g/mol. The number of methoxy groups -OCH3 is 1. The lowest BCUT2D eigenvalue weighted by Gasteiger charge is -2.10. The van der Waals surface area contributed by atoms with Crippen LogP contribution in [-0.2, 0) is 0 Å². The van der Waals surface area contributed by atoms with E-state index in [-0.39, 0.29) is 0 Å². The number of hydrogen-bond donors (Lipinski definition) is 3. The van der Waals surface area contributed by atoms with Gasteiger partial charge in [0.1, 0.15) is 5.75 Å². The highest BCUT2D eigenvalue weighted by molar-refractivity contribution is 9.10. The van der Waals surface area contributed by atoms with Crippen LogP contribution in [0.5, 0.6) is 5.75 Å². The summed E-state index contributed by atoms with van der Waals surface area (Å²) in [4.78, 5) is 0. The van der Waals surface area contributed by atoms with Crippen molar-refractivity contribution in [3.05, 3.63) is 22.7 Å². The summed E-state index contributed by atoms with van der Waals surface area (Å²) in [5.74, 6) is 5.93. The molecule has 0 atom stereocenters. The Kier molecular flexibility index (Phi) is 4.01. The van der Waals surface area contributed by atoms with Crippen molar-refractivity contribution in [2.75, 3.05) is 19.1 Å². The van der Waals surface area contributed by atoms with Gasteiger partial charge in [-0.05, 0) is 18.2 Å². The fourth-order valence-corrected chi connectivity index (χ4v) is 1.33. The monoisotopic (exact) mass is 245 g/mol. The molecule has 0 aliphatic rings. The molecule has 0 aromatic heterocycles. The lowest BCUT2D eigenvalue weighted by Crippen LogP contribution is -2.28. The van der Waals surface area contributed by atoms with Crippen LogP contribution < -0.4 is 21.3 Å². The minimum atomic E-state index is 0.493. The Balaban J connectivity index is 2.81. The molecule has 4 N–H and O–H groups in total. The number of hydrogen-bond acceptors (Lipinski definition) is 4. The Labute approximate surface area is 85.6 Å². The summed E-state index contributed by atoms with van der Waals surface area (Å²) in [6.07, 6.45) is 0. The number of ether oxygens (including phenoxy) is 1. The van der Waals surface area contributed by atoms with E-state index in [9.17, 15) is 0 Å². The third-order valence-electron chi connectivity index (χ3n) is 1.54. The highest BCUT2D eigenvalue weighted by Gasteiger charge is 2.01. The minimum absolute atomic E-state index is 0.493. The average Bonchev–Trinajstić information content (AvgIpc) is 2.15. The smallest absolute Gasteiger partial charge is 0.142 e. The maximum Gasteiger partial charge on any atom is 0.142 e. The molecule has 0 spiro atoms. The molecule has 0 saturated carbocycles. The van der Waals surface area contributed by atoms with Crippen molar-refractivity contribution >= 4 is 21.6 Å². The maximum atomic E-state index is 5.15. The predicted octanol–water partition coefficient (Wildman–Crippen LogP) is 1.29. The van der Waals surface area contributed by atoms with E-state index in [1.807, 2.05) is 18.2 Å². The summed E-state index contributed by atoms with van der Waals surface area (Å²) in [6, 6.07) is 5.72. The SMILES string of the molecule is COc1ccc(Br)cc1NCNN. The van der Waals surface area contributed by atoms with E-state index in [4.69, 9.17) is 10.6 Å². The van der Waals surface area contributed by atoms with Gasteiger partial charge in [0.15, 0.2) is 0 Å². The van der Waals surface area contributed by atoms with Crippen molar-refractivity contribution in [3.63, 3.8) is 0 Å². The molecule has 0 radical (unpaired) electrons. The zero-order chi connectivity index (χ0) is 9.68. The van der Waals surface area contributed by atoms with Crippen LogP contribution in [0, 0.1) is 0 Å². The molecular weight excluding hydrogens is 234 g/mol. The lowest BCUT2D eigenvalue weighted by atomic mass is 10.3. The normalized spacial score (nSPS) is 9.77. The number of halogens is 1. The molecule has 1 aromatic rings. The summed E-state index contributed by atoms with van der Waals surface area (Å²) >= 11 is 3.37. The summed E-state index contributed by atoms with van der Waals surface area (Å²) in [7, 11) is 1.63. The number of benzene rings is 1. The predicted molar refractivity (Wildman–Crippen MR) is 56.5 cm³/mol. The van der Waals surface area contributed by atoms with Gasteiger partial charge in [-0.2, -0.15) is 0 Å². The first-order valence-electron chi connectivity index (χ1n) is 3.79. The van der Waals surface area contributed by atoms with Gasteiger partial charge in [-0.1, -0.05) is 15.9 Å². The highest BCUT2D eigenvalue weighted by Crippen LogP contribution is 2.27. The second-order valence-electron chi connectivity index (χ2n) is 2.40. The van der Waals surface area contributed by atoms with Gasteiger partial charge in [0.2, 0.25) is 0 Å². The molecule has 0 aliphatic heterocycles. The third-order valence-corrected chi connectivity index (χ3v) is 2.04. The molecule has 13 heavy (non-hydrogen) atoms. The van der Waals surface area contributed by atoms with Crippen molar-refractivity contribution < 1.29 is 4.74 Å². The van der Waals surface area contributed by atoms with Crippen LogP contribution in [0.1, 0.15) is 0 Å². The van der Waals surface area contributed by atoms with Crippen LogP contribution in [0.25, 0.3) is 0 Å². The fourth-order valence-electron chi connectivity index (χ4n) is 0.965. The molecule has 0 saturated heterocycles. The van der Waals surface area contributed by atoms with Gasteiger partial charge in [0.05, 0.1) is 19.5 Å². The number of hydrazine groups is 1. The lowest BCUT2D eigenvalue weighted by molar-refractivity contribution is 0.416. The first kappa shape index (κ1) is 10.3. The molecule has 0 aliphatic carbocycles. The van der Waals surface area contributed by atoms with Gasteiger partial charge in [0.25, 0.3) is 0 Å². The second-order valence-corrected chi connectivity index (χ2v) is 3.32. The van der Waals surface area contributed by atoms with Crippen molar-refractivity contribution in [1.29, 1.82) is 0 Å². The Morgan fingerprint density at radius 2 is 2.31 bits per heavy atom. The number of nitrogens with one attached hydrogen (secondary N) is 2. The minimum Gasteiger partial charge on any atom is -0.495 e. The Bertz CT molecular complexity index is 280. The number of nitrogens with two attached hydrogens (primary N) is 1. The van der Waals surface area contributed by atoms with E-state index < -0.39 is 0 Å². The summed E-state index contributed by atoms with van der Waals surface area (Å²) in [5.41, 5.74) is 3.40. The van der Waals surface area contributed by atoms with Crippen LogP contribution in [0.4, 0.5) is 5.69 Å². The van der Waals surface area contributed by atoms with Gasteiger partial charge in [-0.25, -0.2) is 5.43 Å². The summed E-state index contributed by atoms with van der Waals surface area (Å²) in [6.45, 7) is 0.493. The third kappa shape index (κ3) is 2.87. The van der Waals surface area contributed by atoms with E-state index >= 15 is 0 Å². The van der Waals surface area contributed by atoms with Gasteiger partial charge >= 0.3 is 0 Å². The molecule has 0 fully saturated rings. The molecule has 4 nitrogen and oxygen atoms in total. The Morgan fingerprint density at radius 1 is 1.54 bits per heavy atom. The first-order valence-corrected chi connectivity index (χ1v) is 4.58. The van der Waals surface area contributed by atoms with Crippen molar-refractivity contribution in [1.82, 2.24) is 5.43 Å². The van der Waals surface area contributed by atoms with Crippen molar-refractivity contribution in [2.45, 2.75) is 0 Å². The van der Waals surface area contributed by atoms with Crippen LogP contribution in [0.15, 0.2) is 22.7 Å². The van der Waals surface area contributed by atoms with Crippen LogP contribution in [0.2, 0.25) is 0 Å². The van der Waals surface area contributed by atoms with Gasteiger partial charge in [0, 0.05) is 4.47 Å². The Hall–Kier alpha value is -0.780. The molecule has 5 heteroatoms. The standard InChI is InChI=1S/C8H12BrN3O/c1-13-8-3-2-6(9)4-7(8)11-5-12-10/h2-4,11-12H,5,10H2,1H3. The largest absolute Gasteiger partial charge is 0.495 e. The maximum absolute atomic E-state index is 5.15. The van der Waals surface area contributed by atoms with Crippen molar-refractivity contribution in [3.8, 4) is 5.75 Å². The van der Waals surface area contributed by atoms with Gasteiger partial charge in [-0.3, -0.25) is 5.84 Å². The quantitative estimate of drug-likeness (QED) is 0.425. The molecule has 0 unspecified atom stereocenters. The first-order chi connectivity index (χ1) is 6.27. The number of rotatable bonds is 4. The van der Waals surface area contributed by atoms with Crippen molar-refractivity contribution in [2.24, 2.45) is 5.84 Å². The fraction of sp³-hybridized carbons (Fsp3) is 0.250.